The van der Waals surface area contributed by atoms with Crippen LogP contribution in [0.1, 0.15) is 42.6 Å². The van der Waals surface area contributed by atoms with Gasteiger partial charge in [-0.3, -0.25) is 9.10 Å². The minimum Gasteiger partial charge on any atom is -0.352 e. The van der Waals surface area contributed by atoms with Crippen molar-refractivity contribution in [1.29, 1.82) is 0 Å². The van der Waals surface area contributed by atoms with E-state index in [9.17, 15) is 13.2 Å². The van der Waals surface area contributed by atoms with Crippen molar-refractivity contribution in [3.63, 3.8) is 0 Å². The van der Waals surface area contributed by atoms with Crippen LogP contribution in [0.25, 0.3) is 0 Å². The Bertz CT molecular complexity index is 895. The summed E-state index contributed by atoms with van der Waals surface area (Å²) in [5.74, 6) is -0.113. The molecule has 0 spiro atoms. The van der Waals surface area contributed by atoms with E-state index in [0.717, 1.165) is 18.4 Å². The Labute approximate surface area is 155 Å². The van der Waals surface area contributed by atoms with Gasteiger partial charge in [-0.1, -0.05) is 31.5 Å². The minimum atomic E-state index is -3.62. The highest BCUT2D eigenvalue weighted by atomic mass is 32.2. The molecule has 1 atom stereocenters. The number of nitrogens with one attached hydrogen (secondary N) is 1. The summed E-state index contributed by atoms with van der Waals surface area (Å²) in [6.45, 7) is 4.61. The summed E-state index contributed by atoms with van der Waals surface area (Å²) < 4.78 is 27.6. The Morgan fingerprint density at radius 1 is 1.19 bits per heavy atom. The lowest BCUT2D eigenvalue weighted by atomic mass is 10.1. The van der Waals surface area contributed by atoms with Crippen molar-refractivity contribution in [3.8, 4) is 0 Å². The first-order valence-electron chi connectivity index (χ1n) is 8.95. The van der Waals surface area contributed by atoms with Gasteiger partial charge >= 0.3 is 0 Å². The van der Waals surface area contributed by atoms with Gasteiger partial charge in [0.15, 0.2) is 0 Å². The Morgan fingerprint density at radius 3 is 2.62 bits per heavy atom. The predicted molar refractivity (Wildman–Crippen MR) is 103 cm³/mol. The van der Waals surface area contributed by atoms with Gasteiger partial charge in [-0.25, -0.2) is 8.42 Å². The number of nitrogens with zero attached hydrogens (tertiary/aromatic N) is 1. The molecule has 0 radical (unpaired) electrons. The second-order valence-electron chi connectivity index (χ2n) is 6.62. The van der Waals surface area contributed by atoms with Gasteiger partial charge in [-0.2, -0.15) is 0 Å². The van der Waals surface area contributed by atoms with E-state index in [1.54, 1.807) is 42.5 Å². The third-order valence-electron chi connectivity index (χ3n) is 4.61. The normalized spacial score (nSPS) is 16.4. The Hall–Kier alpha value is -2.34. The zero-order valence-electron chi connectivity index (χ0n) is 15.1. The fraction of sp³-hybridized carbons (Fsp3) is 0.350. The largest absolute Gasteiger partial charge is 0.352 e. The van der Waals surface area contributed by atoms with E-state index >= 15 is 0 Å². The first kappa shape index (κ1) is 18.5. The maximum atomic E-state index is 13.0. The maximum absolute atomic E-state index is 13.0. The van der Waals surface area contributed by atoms with Crippen LogP contribution in [0.2, 0.25) is 0 Å². The van der Waals surface area contributed by atoms with Crippen molar-refractivity contribution in [2.24, 2.45) is 0 Å². The summed E-state index contributed by atoms with van der Waals surface area (Å²) in [6, 6.07) is 13.5. The molecule has 138 valence electrons. The molecule has 0 unspecified atom stereocenters. The Morgan fingerprint density at radius 2 is 1.92 bits per heavy atom. The number of hydrogen-bond acceptors (Lipinski definition) is 3. The number of sulfonamides is 1. The van der Waals surface area contributed by atoms with Crippen LogP contribution in [-0.2, 0) is 16.4 Å². The number of carbonyl (C=O) groups excluding carboxylic acids is 1. The van der Waals surface area contributed by atoms with Crippen LogP contribution in [0.3, 0.4) is 0 Å². The van der Waals surface area contributed by atoms with Crippen molar-refractivity contribution in [2.75, 3.05) is 10.8 Å². The smallest absolute Gasteiger partial charge is 0.264 e. The molecule has 0 saturated heterocycles. The lowest BCUT2D eigenvalue weighted by Gasteiger charge is -2.24. The molecule has 0 saturated carbocycles. The summed E-state index contributed by atoms with van der Waals surface area (Å²) >= 11 is 0. The molecule has 0 fully saturated rings. The molecule has 1 aliphatic rings. The van der Waals surface area contributed by atoms with Crippen LogP contribution in [-0.4, -0.2) is 26.9 Å². The molecule has 1 N–H and O–H groups in total. The third kappa shape index (κ3) is 3.46. The summed E-state index contributed by atoms with van der Waals surface area (Å²) in [5, 5.41) is 2.90. The molecule has 1 amide bonds. The average molecular weight is 372 g/mol. The van der Waals surface area contributed by atoms with E-state index in [-0.39, 0.29) is 16.8 Å². The van der Waals surface area contributed by atoms with Gasteiger partial charge in [0.1, 0.15) is 0 Å². The highest BCUT2D eigenvalue weighted by Gasteiger charge is 2.36. The molecule has 6 heteroatoms. The molecule has 1 aliphatic heterocycles. The summed E-state index contributed by atoms with van der Waals surface area (Å²) in [7, 11) is -3.62. The number of anilines is 1. The van der Waals surface area contributed by atoms with Crippen molar-refractivity contribution in [3.05, 3.63) is 59.7 Å². The van der Waals surface area contributed by atoms with E-state index in [4.69, 9.17) is 0 Å². The highest BCUT2D eigenvalue weighted by Crippen LogP contribution is 2.37. The van der Waals surface area contributed by atoms with Crippen molar-refractivity contribution >= 4 is 21.6 Å². The molecule has 0 aromatic heterocycles. The number of fused-ring (bicyclic) bond motifs is 1. The second kappa shape index (κ2) is 7.50. The van der Waals surface area contributed by atoms with Crippen molar-refractivity contribution in [1.82, 2.24) is 5.32 Å². The molecule has 3 rings (SSSR count). The van der Waals surface area contributed by atoms with Gasteiger partial charge < -0.3 is 5.32 Å². The third-order valence-corrected chi connectivity index (χ3v) is 6.55. The van der Waals surface area contributed by atoms with Crippen LogP contribution in [0.15, 0.2) is 53.4 Å². The van der Waals surface area contributed by atoms with E-state index in [2.05, 4.69) is 12.2 Å². The van der Waals surface area contributed by atoms with Gasteiger partial charge in [0.25, 0.3) is 15.9 Å². The molecular weight excluding hydrogens is 348 g/mol. The predicted octanol–water partition coefficient (Wildman–Crippen LogP) is 3.36. The van der Waals surface area contributed by atoms with Crippen LogP contribution in [0.5, 0.6) is 0 Å². The van der Waals surface area contributed by atoms with Gasteiger partial charge in [-0.05, 0) is 55.7 Å². The topological polar surface area (TPSA) is 66.5 Å². The molecule has 1 heterocycles. The number of hydrogen-bond donors (Lipinski definition) is 1. The zero-order chi connectivity index (χ0) is 18.7. The lowest BCUT2D eigenvalue weighted by molar-refractivity contribution is 0.0953. The SMILES string of the molecule is CCCCNC(=O)c1ccc2c(c1)C[C@@H](C)N2S(=O)(=O)c1ccccc1. The fourth-order valence-corrected chi connectivity index (χ4v) is 5.01. The number of amides is 1. The molecule has 0 aliphatic carbocycles. The first-order chi connectivity index (χ1) is 12.4. The standard InChI is InChI=1S/C20H24N2O3S/c1-3-4-12-21-20(23)16-10-11-19-17(14-16)13-15(2)22(19)26(24,25)18-8-6-5-7-9-18/h5-11,14-15H,3-4,12-13H2,1-2H3,(H,21,23)/t15-/m1/s1. The molecule has 26 heavy (non-hydrogen) atoms. The zero-order valence-corrected chi connectivity index (χ0v) is 15.9. The van der Waals surface area contributed by atoms with Crippen molar-refractivity contribution < 1.29 is 13.2 Å². The summed E-state index contributed by atoms with van der Waals surface area (Å²) in [6.07, 6.45) is 2.56. The van der Waals surface area contributed by atoms with Gasteiger partial charge in [0.05, 0.1) is 10.6 Å². The molecular formula is C20H24N2O3S. The lowest BCUT2D eigenvalue weighted by Crippen LogP contribution is -2.35. The molecule has 0 bridgehead atoms. The van der Waals surface area contributed by atoms with E-state index in [0.29, 0.717) is 24.2 Å². The quantitative estimate of drug-likeness (QED) is 0.791. The molecule has 5 nitrogen and oxygen atoms in total. The maximum Gasteiger partial charge on any atom is 0.264 e. The molecule has 2 aromatic rings. The van der Waals surface area contributed by atoms with Gasteiger partial charge in [0, 0.05) is 18.2 Å². The number of benzene rings is 2. The summed E-state index contributed by atoms with van der Waals surface area (Å²) in [5.41, 5.74) is 2.12. The van der Waals surface area contributed by atoms with E-state index in [1.165, 1.54) is 4.31 Å². The van der Waals surface area contributed by atoms with E-state index in [1.807, 2.05) is 13.0 Å². The fourth-order valence-electron chi connectivity index (χ4n) is 3.30. The highest BCUT2D eigenvalue weighted by molar-refractivity contribution is 7.92. The monoisotopic (exact) mass is 372 g/mol. The van der Waals surface area contributed by atoms with Crippen LogP contribution in [0.4, 0.5) is 5.69 Å². The number of unbranched alkanes of at least 4 members (excludes halogenated alkanes) is 1. The number of carbonyl (C=O) groups is 1. The van der Waals surface area contributed by atoms with E-state index < -0.39 is 10.0 Å². The van der Waals surface area contributed by atoms with Crippen molar-refractivity contribution in [2.45, 2.75) is 44.0 Å². The second-order valence-corrected chi connectivity index (χ2v) is 8.43. The minimum absolute atomic E-state index is 0.113. The van der Waals surface area contributed by atoms with Crippen LogP contribution in [0, 0.1) is 0 Å². The van der Waals surface area contributed by atoms with Crippen LogP contribution < -0.4 is 9.62 Å². The Balaban J connectivity index is 1.89. The Kier molecular flexibility index (Phi) is 5.32. The summed E-state index contributed by atoms with van der Waals surface area (Å²) in [4.78, 5) is 12.5. The number of rotatable bonds is 6. The average Bonchev–Trinajstić information content (AvgIpc) is 2.98. The molecule has 2 aromatic carbocycles. The van der Waals surface area contributed by atoms with Gasteiger partial charge in [0.2, 0.25) is 0 Å². The first-order valence-corrected chi connectivity index (χ1v) is 10.4. The van der Waals surface area contributed by atoms with Crippen LogP contribution >= 0.6 is 0 Å². The van der Waals surface area contributed by atoms with Gasteiger partial charge in [-0.15, -0.1) is 0 Å².